The Bertz CT molecular complexity index is 328. The van der Waals surface area contributed by atoms with Gasteiger partial charge in [0.2, 0.25) is 5.91 Å². The summed E-state index contributed by atoms with van der Waals surface area (Å²) in [5.41, 5.74) is 6.62. The fraction of sp³-hybridized carbons (Fsp3) is 0.364. The summed E-state index contributed by atoms with van der Waals surface area (Å²) in [5.74, 6) is -0.363. The predicted octanol–water partition coefficient (Wildman–Crippen LogP) is 1.67. The van der Waals surface area contributed by atoms with Gasteiger partial charge in [0.25, 0.3) is 0 Å². The highest BCUT2D eigenvalue weighted by Gasteiger charge is 2.23. The maximum atomic E-state index is 11.1. The Morgan fingerprint density at radius 3 is 2.21 bits per heavy atom. The van der Waals surface area contributed by atoms with Crippen LogP contribution in [0.15, 0.2) is 24.3 Å². The number of benzene rings is 1. The second-order valence-corrected chi connectivity index (χ2v) is 3.98. The maximum Gasteiger partial charge on any atom is 0.242 e. The monoisotopic (exact) mass is 192 g/mol. The van der Waals surface area contributed by atoms with E-state index in [4.69, 9.17) is 5.73 Å². The summed E-state index contributed by atoms with van der Waals surface area (Å²) < 4.78 is 0. The first kappa shape index (κ1) is 10.6. The third-order valence-corrected chi connectivity index (χ3v) is 2.12. The van der Waals surface area contributed by atoms with Crippen LogP contribution in [-0.4, -0.2) is 11.4 Å². The van der Waals surface area contributed by atoms with E-state index in [2.05, 4.69) is 5.32 Å². The number of hydrogen-bond acceptors (Lipinski definition) is 2. The van der Waals surface area contributed by atoms with E-state index >= 15 is 0 Å². The zero-order chi connectivity index (χ0) is 10.8. The van der Waals surface area contributed by atoms with Gasteiger partial charge in [-0.15, -0.1) is 0 Å². The molecular formula is C11H16N2O. The predicted molar refractivity (Wildman–Crippen MR) is 58.1 cm³/mol. The second kappa shape index (κ2) is 3.70. The third-order valence-electron chi connectivity index (χ3n) is 2.12. The molecule has 1 amide bonds. The third kappa shape index (κ3) is 2.49. The van der Waals surface area contributed by atoms with Crippen LogP contribution in [0.25, 0.3) is 0 Å². The minimum Gasteiger partial charge on any atom is -0.372 e. The van der Waals surface area contributed by atoms with Gasteiger partial charge >= 0.3 is 0 Å². The van der Waals surface area contributed by atoms with Gasteiger partial charge in [-0.2, -0.15) is 0 Å². The summed E-state index contributed by atoms with van der Waals surface area (Å²) in [6.45, 7) is 5.54. The molecule has 3 nitrogen and oxygen atoms in total. The molecule has 0 heterocycles. The lowest BCUT2D eigenvalue weighted by Gasteiger charge is -2.23. The molecule has 0 spiro atoms. The largest absolute Gasteiger partial charge is 0.372 e. The molecule has 0 fully saturated rings. The van der Waals surface area contributed by atoms with Crippen LogP contribution in [0, 0.1) is 6.92 Å². The summed E-state index contributed by atoms with van der Waals surface area (Å²) >= 11 is 0. The average molecular weight is 192 g/mol. The number of hydrogen-bond donors (Lipinski definition) is 2. The SMILES string of the molecule is Cc1ccc(NC(C)(C)C(N)=O)cc1. The molecular weight excluding hydrogens is 176 g/mol. The molecule has 1 aromatic rings. The van der Waals surface area contributed by atoms with E-state index in [0.717, 1.165) is 5.69 Å². The Kier molecular flexibility index (Phi) is 2.79. The van der Waals surface area contributed by atoms with Crippen LogP contribution in [0.5, 0.6) is 0 Å². The van der Waals surface area contributed by atoms with Gasteiger partial charge in [-0.1, -0.05) is 17.7 Å². The number of carbonyl (C=O) groups is 1. The van der Waals surface area contributed by atoms with E-state index in [-0.39, 0.29) is 5.91 Å². The van der Waals surface area contributed by atoms with Gasteiger partial charge in [-0.25, -0.2) is 0 Å². The molecule has 3 heteroatoms. The zero-order valence-electron chi connectivity index (χ0n) is 8.79. The number of carbonyl (C=O) groups excluding carboxylic acids is 1. The molecule has 1 rings (SSSR count). The van der Waals surface area contributed by atoms with Crippen LogP contribution in [0.1, 0.15) is 19.4 Å². The first-order valence-corrected chi connectivity index (χ1v) is 4.56. The summed E-state index contributed by atoms with van der Waals surface area (Å²) in [5, 5.41) is 3.07. The molecule has 0 unspecified atom stereocenters. The molecule has 0 aliphatic carbocycles. The average Bonchev–Trinajstić information content (AvgIpc) is 2.08. The summed E-state index contributed by atoms with van der Waals surface area (Å²) in [7, 11) is 0. The Balaban J connectivity index is 2.79. The smallest absolute Gasteiger partial charge is 0.242 e. The maximum absolute atomic E-state index is 11.1. The van der Waals surface area contributed by atoms with E-state index < -0.39 is 5.54 Å². The minimum atomic E-state index is -0.713. The zero-order valence-corrected chi connectivity index (χ0v) is 8.79. The van der Waals surface area contributed by atoms with E-state index in [0.29, 0.717) is 0 Å². The number of rotatable bonds is 3. The van der Waals surface area contributed by atoms with Gasteiger partial charge in [-0.3, -0.25) is 4.79 Å². The van der Waals surface area contributed by atoms with Crippen molar-refractivity contribution in [2.45, 2.75) is 26.3 Å². The number of amides is 1. The van der Waals surface area contributed by atoms with Gasteiger partial charge in [0.15, 0.2) is 0 Å². The van der Waals surface area contributed by atoms with Crippen molar-refractivity contribution in [2.24, 2.45) is 5.73 Å². The van der Waals surface area contributed by atoms with Crippen molar-refractivity contribution in [3.63, 3.8) is 0 Å². The van der Waals surface area contributed by atoms with Gasteiger partial charge in [0, 0.05) is 5.69 Å². The number of nitrogens with one attached hydrogen (secondary N) is 1. The fourth-order valence-electron chi connectivity index (χ4n) is 1.06. The van der Waals surface area contributed by atoms with Gasteiger partial charge in [0.1, 0.15) is 5.54 Å². The van der Waals surface area contributed by atoms with Crippen molar-refractivity contribution < 1.29 is 4.79 Å². The van der Waals surface area contributed by atoms with Crippen molar-refractivity contribution >= 4 is 11.6 Å². The normalized spacial score (nSPS) is 11.1. The Labute approximate surface area is 84.3 Å². The number of primary amides is 1. The van der Waals surface area contributed by atoms with E-state index in [1.807, 2.05) is 31.2 Å². The molecule has 14 heavy (non-hydrogen) atoms. The second-order valence-electron chi connectivity index (χ2n) is 3.98. The number of anilines is 1. The van der Waals surface area contributed by atoms with Crippen molar-refractivity contribution in [1.82, 2.24) is 0 Å². The molecule has 1 aromatic carbocycles. The van der Waals surface area contributed by atoms with Crippen molar-refractivity contribution in [1.29, 1.82) is 0 Å². The molecule has 3 N–H and O–H groups in total. The molecule has 0 saturated heterocycles. The standard InChI is InChI=1S/C11H16N2O/c1-8-4-6-9(7-5-8)13-11(2,3)10(12)14/h4-7,13H,1-3H3,(H2,12,14). The van der Waals surface area contributed by atoms with Crippen molar-refractivity contribution in [3.8, 4) is 0 Å². The molecule has 0 aliphatic heterocycles. The molecule has 0 bridgehead atoms. The molecule has 0 saturated carbocycles. The number of nitrogens with two attached hydrogens (primary N) is 1. The molecule has 0 atom stereocenters. The lowest BCUT2D eigenvalue weighted by atomic mass is 10.0. The van der Waals surface area contributed by atoms with E-state index in [1.54, 1.807) is 13.8 Å². The van der Waals surface area contributed by atoms with Crippen LogP contribution >= 0.6 is 0 Å². The van der Waals surface area contributed by atoms with Crippen molar-refractivity contribution in [3.05, 3.63) is 29.8 Å². The lowest BCUT2D eigenvalue weighted by Crippen LogP contribution is -2.44. The van der Waals surface area contributed by atoms with Crippen LogP contribution < -0.4 is 11.1 Å². The molecule has 0 aromatic heterocycles. The molecule has 0 radical (unpaired) electrons. The quantitative estimate of drug-likeness (QED) is 0.765. The van der Waals surface area contributed by atoms with Gasteiger partial charge in [-0.05, 0) is 32.9 Å². The van der Waals surface area contributed by atoms with Crippen LogP contribution in [0.3, 0.4) is 0 Å². The summed E-state index contributed by atoms with van der Waals surface area (Å²) in [6, 6.07) is 7.83. The first-order valence-electron chi connectivity index (χ1n) is 4.56. The van der Waals surface area contributed by atoms with Crippen molar-refractivity contribution in [2.75, 3.05) is 5.32 Å². The molecule has 76 valence electrons. The highest BCUT2D eigenvalue weighted by atomic mass is 16.1. The number of aryl methyl sites for hydroxylation is 1. The summed E-state index contributed by atoms with van der Waals surface area (Å²) in [4.78, 5) is 11.1. The Morgan fingerprint density at radius 1 is 1.29 bits per heavy atom. The van der Waals surface area contributed by atoms with Gasteiger partial charge < -0.3 is 11.1 Å². The van der Waals surface area contributed by atoms with Gasteiger partial charge in [0.05, 0.1) is 0 Å². The Morgan fingerprint density at radius 2 is 1.79 bits per heavy atom. The van der Waals surface area contributed by atoms with E-state index in [1.165, 1.54) is 5.56 Å². The van der Waals surface area contributed by atoms with E-state index in [9.17, 15) is 4.79 Å². The molecule has 0 aliphatic rings. The van der Waals surface area contributed by atoms with Crippen LogP contribution in [0.2, 0.25) is 0 Å². The highest BCUT2D eigenvalue weighted by Crippen LogP contribution is 2.15. The lowest BCUT2D eigenvalue weighted by molar-refractivity contribution is -0.121. The van der Waals surface area contributed by atoms with Crippen LogP contribution in [-0.2, 0) is 4.79 Å². The minimum absolute atomic E-state index is 0.363. The highest BCUT2D eigenvalue weighted by molar-refractivity contribution is 5.86. The first-order chi connectivity index (χ1) is 6.42. The van der Waals surface area contributed by atoms with Crippen LogP contribution in [0.4, 0.5) is 5.69 Å². The summed E-state index contributed by atoms with van der Waals surface area (Å²) in [6.07, 6.45) is 0. The topological polar surface area (TPSA) is 55.1 Å². The fourth-order valence-corrected chi connectivity index (χ4v) is 1.06. The Hall–Kier alpha value is -1.51.